The van der Waals surface area contributed by atoms with Crippen LogP contribution in [0.1, 0.15) is 43.5 Å². The number of rotatable bonds is 6. The molecule has 0 saturated heterocycles. The first-order valence-corrected chi connectivity index (χ1v) is 7.74. The third kappa shape index (κ3) is 3.52. The molecule has 0 aromatic heterocycles. The highest BCUT2D eigenvalue weighted by atomic mass is 16.5. The number of amides is 2. The van der Waals surface area contributed by atoms with Crippen LogP contribution in [0, 0.1) is 5.41 Å². The molecule has 0 radical (unpaired) electrons. The molecule has 0 heterocycles. The number of carbonyl (C=O) groups excluding carboxylic acids is 3. The Hall–Kier alpha value is -2.37. The first-order valence-electron chi connectivity index (χ1n) is 7.74. The van der Waals surface area contributed by atoms with Gasteiger partial charge in [0.2, 0.25) is 11.8 Å². The van der Waals surface area contributed by atoms with Crippen LogP contribution in [0.4, 0.5) is 5.69 Å². The number of nitrogens with one attached hydrogen (secondary N) is 2. The van der Waals surface area contributed by atoms with E-state index in [1.165, 1.54) is 7.11 Å². The van der Waals surface area contributed by atoms with Crippen molar-refractivity contribution in [1.82, 2.24) is 5.32 Å². The third-order valence-corrected chi connectivity index (χ3v) is 4.19. The van der Waals surface area contributed by atoms with Gasteiger partial charge in [-0.05, 0) is 38.3 Å². The van der Waals surface area contributed by atoms with Crippen LogP contribution in [0.25, 0.3) is 0 Å². The third-order valence-electron chi connectivity index (χ3n) is 4.19. The van der Waals surface area contributed by atoms with Gasteiger partial charge in [0.05, 0.1) is 18.4 Å². The van der Waals surface area contributed by atoms with Gasteiger partial charge < -0.3 is 15.4 Å². The highest BCUT2D eigenvalue weighted by Crippen LogP contribution is 2.47. The topological polar surface area (TPSA) is 84.5 Å². The van der Waals surface area contributed by atoms with Gasteiger partial charge in [0, 0.05) is 6.04 Å². The molecule has 1 saturated carbocycles. The van der Waals surface area contributed by atoms with Crippen molar-refractivity contribution in [3.8, 4) is 0 Å². The normalized spacial score (nSPS) is 16.1. The van der Waals surface area contributed by atoms with Gasteiger partial charge >= 0.3 is 5.97 Å². The van der Waals surface area contributed by atoms with E-state index in [2.05, 4.69) is 10.6 Å². The molecule has 1 aliphatic carbocycles. The van der Waals surface area contributed by atoms with Crippen LogP contribution >= 0.6 is 0 Å². The summed E-state index contributed by atoms with van der Waals surface area (Å²) in [6.45, 7) is 3.87. The Morgan fingerprint density at radius 2 is 1.87 bits per heavy atom. The zero-order valence-electron chi connectivity index (χ0n) is 13.6. The molecule has 1 atom stereocenters. The van der Waals surface area contributed by atoms with Gasteiger partial charge in [-0.25, -0.2) is 4.79 Å². The van der Waals surface area contributed by atoms with E-state index in [9.17, 15) is 14.4 Å². The smallest absolute Gasteiger partial charge is 0.339 e. The fraction of sp³-hybridized carbons (Fsp3) is 0.471. The van der Waals surface area contributed by atoms with Gasteiger partial charge in [0.25, 0.3) is 0 Å². The van der Waals surface area contributed by atoms with Crippen molar-refractivity contribution < 1.29 is 19.1 Å². The zero-order chi connectivity index (χ0) is 17.0. The Morgan fingerprint density at radius 1 is 1.22 bits per heavy atom. The van der Waals surface area contributed by atoms with Crippen LogP contribution in [0.3, 0.4) is 0 Å². The summed E-state index contributed by atoms with van der Waals surface area (Å²) in [5.41, 5.74) is -0.402. The SMILES string of the molecule is CCC(C)NC(=O)C1(C(=O)Nc2ccccc2C(=O)OC)CC1. The summed E-state index contributed by atoms with van der Waals surface area (Å²) < 4.78 is 4.70. The average molecular weight is 318 g/mol. The zero-order valence-corrected chi connectivity index (χ0v) is 13.6. The van der Waals surface area contributed by atoms with Crippen LogP contribution < -0.4 is 10.6 Å². The molecule has 1 aliphatic rings. The predicted octanol–water partition coefficient (Wildman–Crippen LogP) is 2.11. The number of carbonyl (C=O) groups is 3. The maximum Gasteiger partial charge on any atom is 0.339 e. The minimum atomic E-state index is -1.02. The number of esters is 1. The molecule has 6 nitrogen and oxygen atoms in total. The van der Waals surface area contributed by atoms with Crippen molar-refractivity contribution in [3.05, 3.63) is 29.8 Å². The molecule has 1 unspecified atom stereocenters. The molecule has 2 amide bonds. The van der Waals surface area contributed by atoms with Crippen LogP contribution in [0.15, 0.2) is 24.3 Å². The minimum Gasteiger partial charge on any atom is -0.465 e. The van der Waals surface area contributed by atoms with E-state index in [4.69, 9.17) is 4.74 Å². The summed E-state index contributed by atoms with van der Waals surface area (Å²) in [6, 6.07) is 6.60. The number of benzene rings is 1. The minimum absolute atomic E-state index is 0.0233. The van der Waals surface area contributed by atoms with E-state index in [1.807, 2.05) is 13.8 Å². The summed E-state index contributed by atoms with van der Waals surface area (Å²) in [4.78, 5) is 36.6. The molecular weight excluding hydrogens is 296 g/mol. The van der Waals surface area contributed by atoms with Gasteiger partial charge in [0.1, 0.15) is 5.41 Å². The standard InChI is InChI=1S/C17H22N2O4/c1-4-11(2)18-15(21)17(9-10-17)16(22)19-13-8-6-5-7-12(13)14(20)23-3/h5-8,11H,4,9-10H2,1-3H3,(H,18,21)(H,19,22). The van der Waals surface area contributed by atoms with Gasteiger partial charge in [-0.3, -0.25) is 9.59 Å². The summed E-state index contributed by atoms with van der Waals surface area (Å²) in [5, 5.41) is 5.56. The van der Waals surface area contributed by atoms with Crippen molar-refractivity contribution in [2.75, 3.05) is 12.4 Å². The highest BCUT2D eigenvalue weighted by Gasteiger charge is 2.56. The lowest BCUT2D eigenvalue weighted by atomic mass is 10.0. The quantitative estimate of drug-likeness (QED) is 0.621. The van der Waals surface area contributed by atoms with Crippen molar-refractivity contribution >= 4 is 23.5 Å². The largest absolute Gasteiger partial charge is 0.465 e. The molecule has 0 bridgehead atoms. The number of ether oxygens (including phenoxy) is 1. The fourth-order valence-corrected chi connectivity index (χ4v) is 2.27. The molecule has 0 aliphatic heterocycles. The first-order chi connectivity index (χ1) is 10.9. The van der Waals surface area contributed by atoms with E-state index in [0.717, 1.165) is 6.42 Å². The second kappa shape index (κ2) is 6.81. The molecule has 2 N–H and O–H groups in total. The molecule has 1 fully saturated rings. The van der Waals surface area contributed by atoms with Gasteiger partial charge in [-0.1, -0.05) is 19.1 Å². The van der Waals surface area contributed by atoms with Gasteiger partial charge in [-0.15, -0.1) is 0 Å². The van der Waals surface area contributed by atoms with Crippen molar-refractivity contribution in [2.45, 2.75) is 39.2 Å². The number of methoxy groups -OCH3 is 1. The van der Waals surface area contributed by atoms with E-state index in [-0.39, 0.29) is 23.4 Å². The monoisotopic (exact) mass is 318 g/mol. The molecule has 1 aromatic rings. The number of anilines is 1. The van der Waals surface area contributed by atoms with Crippen LogP contribution in [-0.4, -0.2) is 30.9 Å². The second-order valence-electron chi connectivity index (χ2n) is 5.86. The number of hydrogen-bond acceptors (Lipinski definition) is 4. The Labute approximate surface area is 135 Å². The van der Waals surface area contributed by atoms with E-state index < -0.39 is 11.4 Å². The Balaban J connectivity index is 2.14. The Morgan fingerprint density at radius 3 is 2.43 bits per heavy atom. The number of para-hydroxylation sites is 1. The maximum atomic E-state index is 12.5. The molecule has 0 spiro atoms. The van der Waals surface area contributed by atoms with E-state index in [0.29, 0.717) is 18.5 Å². The second-order valence-corrected chi connectivity index (χ2v) is 5.86. The maximum absolute atomic E-state index is 12.5. The lowest BCUT2D eigenvalue weighted by Crippen LogP contribution is -2.43. The first kappa shape index (κ1) is 17.0. The van der Waals surface area contributed by atoms with Gasteiger partial charge in [0.15, 0.2) is 0 Å². The lowest BCUT2D eigenvalue weighted by Gasteiger charge is -2.19. The highest BCUT2D eigenvalue weighted by molar-refractivity contribution is 6.14. The summed E-state index contributed by atoms with van der Waals surface area (Å²) in [6.07, 6.45) is 1.83. The molecule has 1 aromatic carbocycles. The van der Waals surface area contributed by atoms with Crippen molar-refractivity contribution in [1.29, 1.82) is 0 Å². The predicted molar refractivity (Wildman–Crippen MR) is 86.0 cm³/mol. The fourth-order valence-electron chi connectivity index (χ4n) is 2.27. The van der Waals surface area contributed by atoms with Gasteiger partial charge in [-0.2, -0.15) is 0 Å². The lowest BCUT2D eigenvalue weighted by molar-refractivity contribution is -0.134. The molecule has 23 heavy (non-hydrogen) atoms. The molecular formula is C17H22N2O4. The Kier molecular flexibility index (Phi) is 5.03. The summed E-state index contributed by atoms with van der Waals surface area (Å²) in [7, 11) is 1.28. The van der Waals surface area contributed by atoms with E-state index >= 15 is 0 Å². The summed E-state index contributed by atoms with van der Waals surface area (Å²) in [5.74, 6) is -1.16. The Bertz CT molecular complexity index is 623. The molecule has 124 valence electrons. The van der Waals surface area contributed by atoms with Crippen LogP contribution in [0.2, 0.25) is 0 Å². The van der Waals surface area contributed by atoms with Crippen LogP contribution in [-0.2, 0) is 14.3 Å². The molecule has 2 rings (SSSR count). The van der Waals surface area contributed by atoms with Crippen LogP contribution in [0.5, 0.6) is 0 Å². The van der Waals surface area contributed by atoms with Crippen molar-refractivity contribution in [3.63, 3.8) is 0 Å². The van der Waals surface area contributed by atoms with E-state index in [1.54, 1.807) is 24.3 Å². The molecule has 6 heteroatoms. The number of hydrogen-bond donors (Lipinski definition) is 2. The average Bonchev–Trinajstić information content (AvgIpc) is 3.36. The van der Waals surface area contributed by atoms with Crippen molar-refractivity contribution in [2.24, 2.45) is 5.41 Å². The summed E-state index contributed by atoms with van der Waals surface area (Å²) >= 11 is 0.